The molecule has 2 aromatic heterocycles. The van der Waals surface area contributed by atoms with Crippen molar-refractivity contribution in [3.63, 3.8) is 0 Å². The van der Waals surface area contributed by atoms with Gasteiger partial charge in [0, 0.05) is 20.1 Å². The zero-order valence-electron chi connectivity index (χ0n) is 14.7. The van der Waals surface area contributed by atoms with Crippen LogP contribution in [-0.2, 0) is 0 Å². The van der Waals surface area contributed by atoms with Gasteiger partial charge in [-0.25, -0.2) is 0 Å². The molecule has 6 nitrogen and oxygen atoms in total. The molecule has 3 heterocycles. The van der Waals surface area contributed by atoms with Crippen molar-refractivity contribution in [3.05, 3.63) is 18.1 Å². The summed E-state index contributed by atoms with van der Waals surface area (Å²) in [5, 5.41) is 12.6. The Morgan fingerprint density at radius 1 is 1.30 bits per heavy atom. The average molecular weight is 316 g/mol. The summed E-state index contributed by atoms with van der Waals surface area (Å²) >= 11 is 0. The maximum absolute atomic E-state index is 4.42. The van der Waals surface area contributed by atoms with Gasteiger partial charge in [-0.15, -0.1) is 10.2 Å². The quantitative estimate of drug-likeness (QED) is 0.847. The fraction of sp³-hybridized carbons (Fsp3) is 0.706. The Kier molecular flexibility index (Phi) is 4.80. The Labute approximate surface area is 138 Å². The van der Waals surface area contributed by atoms with Crippen LogP contribution < -0.4 is 4.90 Å². The number of hydrogen-bond acceptors (Lipinski definition) is 5. The molecule has 1 aliphatic heterocycles. The van der Waals surface area contributed by atoms with Crippen LogP contribution in [0.2, 0.25) is 0 Å². The highest BCUT2D eigenvalue weighted by Gasteiger charge is 2.22. The largest absolute Gasteiger partial charge is 0.371 e. The lowest BCUT2D eigenvalue weighted by Gasteiger charge is -2.35. The molecule has 0 N–H and O–H groups in total. The topological polar surface area (TPSA) is 49.6 Å². The summed E-state index contributed by atoms with van der Waals surface area (Å²) in [5.41, 5.74) is 2.96. The molecule has 0 atom stereocenters. The average Bonchev–Trinajstić information content (AvgIpc) is 2.95. The first-order chi connectivity index (χ1) is 11.0. The minimum absolute atomic E-state index is 0.750. The van der Waals surface area contributed by atoms with E-state index in [2.05, 4.69) is 52.1 Å². The van der Waals surface area contributed by atoms with Crippen LogP contribution in [0.25, 0.3) is 5.65 Å². The lowest BCUT2D eigenvalue weighted by atomic mass is 9.95. The number of anilines is 1. The first kappa shape index (κ1) is 16.2. The van der Waals surface area contributed by atoms with Crippen molar-refractivity contribution in [2.24, 2.45) is 11.8 Å². The van der Waals surface area contributed by atoms with Gasteiger partial charge in [0.05, 0.1) is 11.4 Å². The molecule has 6 heteroatoms. The highest BCUT2D eigenvalue weighted by molar-refractivity contribution is 5.67. The van der Waals surface area contributed by atoms with Gasteiger partial charge in [-0.2, -0.15) is 9.61 Å². The third-order valence-electron chi connectivity index (χ3n) is 4.64. The van der Waals surface area contributed by atoms with Crippen LogP contribution >= 0.6 is 0 Å². The molecule has 0 saturated carbocycles. The minimum Gasteiger partial charge on any atom is -0.371 e. The molecule has 1 fully saturated rings. The number of nitrogens with zero attached hydrogens (tertiary/aromatic N) is 6. The standard InChI is InChI=1S/C17H28N6/c1-13(2)10-22-7-5-15(6-8-22)11-21(4)16-9-14(3)20-23-12-18-19-17(16)23/h9,12-13,15H,5-8,10-11H2,1-4H3. The van der Waals surface area contributed by atoms with Crippen molar-refractivity contribution in [1.82, 2.24) is 24.7 Å². The number of piperidine rings is 1. The second kappa shape index (κ2) is 6.83. The molecule has 1 aliphatic rings. The lowest BCUT2D eigenvalue weighted by molar-refractivity contribution is 0.170. The van der Waals surface area contributed by atoms with Gasteiger partial charge in [-0.3, -0.25) is 0 Å². The second-order valence-electron chi connectivity index (χ2n) is 7.29. The fourth-order valence-corrected chi connectivity index (χ4v) is 3.57. The molecule has 0 amide bonds. The molecule has 0 radical (unpaired) electrons. The molecule has 2 aromatic rings. The first-order valence-electron chi connectivity index (χ1n) is 8.64. The normalized spacial score (nSPS) is 17.3. The summed E-state index contributed by atoms with van der Waals surface area (Å²) in [6, 6.07) is 2.11. The molecule has 0 unspecified atom stereocenters. The number of rotatable bonds is 5. The van der Waals surface area contributed by atoms with E-state index in [4.69, 9.17) is 0 Å². The molecule has 0 bridgehead atoms. The molecule has 3 rings (SSSR count). The van der Waals surface area contributed by atoms with Gasteiger partial charge >= 0.3 is 0 Å². The summed E-state index contributed by atoms with van der Waals surface area (Å²) in [5.74, 6) is 1.51. The van der Waals surface area contributed by atoms with Crippen LogP contribution in [0.3, 0.4) is 0 Å². The Hall–Kier alpha value is -1.69. The van der Waals surface area contributed by atoms with Crippen LogP contribution in [0.1, 0.15) is 32.4 Å². The molecule has 0 spiro atoms. The van der Waals surface area contributed by atoms with E-state index in [1.807, 2.05) is 6.92 Å². The summed E-state index contributed by atoms with van der Waals surface area (Å²) in [7, 11) is 2.16. The van der Waals surface area contributed by atoms with Gasteiger partial charge in [-0.1, -0.05) is 13.8 Å². The van der Waals surface area contributed by atoms with E-state index in [0.717, 1.165) is 35.4 Å². The number of aryl methyl sites for hydroxylation is 1. The molecule has 1 saturated heterocycles. The predicted molar refractivity (Wildman–Crippen MR) is 92.8 cm³/mol. The summed E-state index contributed by atoms with van der Waals surface area (Å²) < 4.78 is 1.77. The maximum Gasteiger partial charge on any atom is 0.200 e. The van der Waals surface area contributed by atoms with E-state index in [9.17, 15) is 0 Å². The molecular weight excluding hydrogens is 288 g/mol. The minimum atomic E-state index is 0.750. The van der Waals surface area contributed by atoms with Gasteiger partial charge in [0.15, 0.2) is 0 Å². The van der Waals surface area contributed by atoms with E-state index in [0.29, 0.717) is 0 Å². The Morgan fingerprint density at radius 2 is 2.04 bits per heavy atom. The van der Waals surface area contributed by atoms with Crippen molar-refractivity contribution >= 4 is 11.3 Å². The monoisotopic (exact) mass is 316 g/mol. The third kappa shape index (κ3) is 3.80. The number of likely N-dealkylation sites (tertiary alicyclic amines) is 1. The molecule has 126 valence electrons. The van der Waals surface area contributed by atoms with E-state index >= 15 is 0 Å². The third-order valence-corrected chi connectivity index (χ3v) is 4.64. The van der Waals surface area contributed by atoms with E-state index in [1.54, 1.807) is 10.8 Å². The molecule has 23 heavy (non-hydrogen) atoms. The van der Waals surface area contributed by atoms with Crippen LogP contribution in [0.4, 0.5) is 5.69 Å². The number of hydrogen-bond donors (Lipinski definition) is 0. The van der Waals surface area contributed by atoms with Gasteiger partial charge in [0.1, 0.15) is 6.33 Å². The Morgan fingerprint density at radius 3 is 2.74 bits per heavy atom. The molecule has 0 aromatic carbocycles. The van der Waals surface area contributed by atoms with Crippen LogP contribution in [0.5, 0.6) is 0 Å². The predicted octanol–water partition coefficient (Wildman–Crippen LogP) is 2.24. The van der Waals surface area contributed by atoms with Crippen molar-refractivity contribution in [2.75, 3.05) is 38.1 Å². The fourth-order valence-electron chi connectivity index (χ4n) is 3.57. The maximum atomic E-state index is 4.42. The van der Waals surface area contributed by atoms with E-state index < -0.39 is 0 Å². The van der Waals surface area contributed by atoms with E-state index in [-0.39, 0.29) is 0 Å². The van der Waals surface area contributed by atoms with Crippen LogP contribution in [0.15, 0.2) is 12.4 Å². The molecule has 0 aliphatic carbocycles. The smallest absolute Gasteiger partial charge is 0.200 e. The summed E-state index contributed by atoms with van der Waals surface area (Å²) in [4.78, 5) is 4.93. The lowest BCUT2D eigenvalue weighted by Crippen LogP contribution is -2.39. The second-order valence-corrected chi connectivity index (χ2v) is 7.29. The van der Waals surface area contributed by atoms with Crippen molar-refractivity contribution < 1.29 is 0 Å². The first-order valence-corrected chi connectivity index (χ1v) is 8.64. The van der Waals surface area contributed by atoms with Gasteiger partial charge in [-0.05, 0) is 50.8 Å². The zero-order chi connectivity index (χ0) is 16.4. The highest BCUT2D eigenvalue weighted by atomic mass is 15.4. The van der Waals surface area contributed by atoms with Crippen LogP contribution in [0, 0.1) is 18.8 Å². The summed E-state index contributed by atoms with van der Waals surface area (Å²) in [6.45, 7) is 11.4. The van der Waals surface area contributed by atoms with Crippen LogP contribution in [-0.4, -0.2) is 57.9 Å². The SMILES string of the molecule is Cc1cc(N(C)CC2CCN(CC(C)C)CC2)c2nncn2n1. The van der Waals surface area contributed by atoms with Gasteiger partial charge in [0.25, 0.3) is 0 Å². The van der Waals surface area contributed by atoms with Crippen molar-refractivity contribution in [2.45, 2.75) is 33.6 Å². The van der Waals surface area contributed by atoms with Crippen molar-refractivity contribution in [3.8, 4) is 0 Å². The number of fused-ring (bicyclic) bond motifs is 1. The highest BCUT2D eigenvalue weighted by Crippen LogP contribution is 2.24. The zero-order valence-corrected chi connectivity index (χ0v) is 14.7. The van der Waals surface area contributed by atoms with E-state index in [1.165, 1.54) is 32.5 Å². The Bertz CT molecular complexity index is 642. The molecular formula is C17H28N6. The van der Waals surface area contributed by atoms with Gasteiger partial charge < -0.3 is 9.80 Å². The van der Waals surface area contributed by atoms with Crippen molar-refractivity contribution in [1.29, 1.82) is 0 Å². The van der Waals surface area contributed by atoms with Gasteiger partial charge in [0.2, 0.25) is 5.65 Å². The number of aromatic nitrogens is 4. The Balaban J connectivity index is 1.63. The summed E-state index contributed by atoms with van der Waals surface area (Å²) in [6.07, 6.45) is 4.23.